The van der Waals surface area contributed by atoms with E-state index in [1.807, 2.05) is 0 Å². The number of pyridine rings is 1. The molecular weight excluding hydrogens is 154 g/mol. The molecule has 0 N–H and O–H groups in total. The maximum atomic E-state index is 11.1. The molecule has 1 rings (SSSR count). The molecule has 0 amide bonds. The fourth-order valence-corrected chi connectivity index (χ4v) is 0.601. The Morgan fingerprint density at radius 2 is 2.42 bits per heavy atom. The molecule has 1 aromatic heterocycles. The third-order valence-electron chi connectivity index (χ3n) is 1.28. The maximum absolute atomic E-state index is 11.1. The van der Waals surface area contributed by atoms with Crippen molar-refractivity contribution >= 4 is 5.97 Å². The normalized spacial score (nSPS) is 9.92. The van der Waals surface area contributed by atoms with Gasteiger partial charge in [0.2, 0.25) is 0 Å². The SMILES string of the molecule is CC(C)C(=O)Oc1cc[c]nc1. The molecular formula is C9H10NO2. The van der Waals surface area contributed by atoms with Crippen molar-refractivity contribution in [2.45, 2.75) is 13.8 Å². The predicted octanol–water partition coefficient (Wildman–Crippen LogP) is 1.44. The van der Waals surface area contributed by atoms with Crippen LogP contribution < -0.4 is 4.74 Å². The highest BCUT2D eigenvalue weighted by atomic mass is 16.5. The van der Waals surface area contributed by atoms with Crippen LogP contribution in [0.3, 0.4) is 0 Å². The van der Waals surface area contributed by atoms with Crippen molar-refractivity contribution < 1.29 is 9.53 Å². The Kier molecular flexibility index (Phi) is 2.80. The highest BCUT2D eigenvalue weighted by molar-refractivity contribution is 5.74. The largest absolute Gasteiger partial charge is 0.425 e. The molecule has 3 heteroatoms. The predicted molar refractivity (Wildman–Crippen MR) is 43.5 cm³/mol. The molecule has 0 bridgehead atoms. The fraction of sp³-hybridized carbons (Fsp3) is 0.333. The summed E-state index contributed by atoms with van der Waals surface area (Å²) in [5.41, 5.74) is 0. The van der Waals surface area contributed by atoms with Gasteiger partial charge < -0.3 is 4.74 Å². The summed E-state index contributed by atoms with van der Waals surface area (Å²) < 4.78 is 4.95. The summed E-state index contributed by atoms with van der Waals surface area (Å²) in [6, 6.07) is 3.25. The minimum atomic E-state index is -0.247. The van der Waals surface area contributed by atoms with Crippen molar-refractivity contribution in [2.75, 3.05) is 0 Å². The van der Waals surface area contributed by atoms with E-state index in [0.717, 1.165) is 0 Å². The Bertz CT molecular complexity index is 256. The first kappa shape index (κ1) is 8.71. The average Bonchev–Trinajstić information content (AvgIpc) is 2.06. The van der Waals surface area contributed by atoms with E-state index in [4.69, 9.17) is 4.74 Å². The lowest BCUT2D eigenvalue weighted by molar-refractivity contribution is -0.137. The number of nitrogens with zero attached hydrogens (tertiary/aromatic N) is 1. The van der Waals surface area contributed by atoms with E-state index < -0.39 is 0 Å². The number of hydrogen-bond acceptors (Lipinski definition) is 3. The first-order chi connectivity index (χ1) is 5.70. The van der Waals surface area contributed by atoms with Gasteiger partial charge in [-0.15, -0.1) is 0 Å². The Hall–Kier alpha value is -1.38. The quantitative estimate of drug-likeness (QED) is 0.621. The summed E-state index contributed by atoms with van der Waals surface area (Å²) in [6.45, 7) is 3.57. The molecule has 3 nitrogen and oxygen atoms in total. The molecule has 0 spiro atoms. The molecule has 0 atom stereocenters. The van der Waals surface area contributed by atoms with Crippen molar-refractivity contribution in [3.63, 3.8) is 0 Å². The van der Waals surface area contributed by atoms with Crippen LogP contribution in [0, 0.1) is 12.1 Å². The molecule has 0 aliphatic rings. The molecule has 63 valence electrons. The van der Waals surface area contributed by atoms with Crippen LogP contribution in [-0.2, 0) is 4.79 Å². The molecule has 0 aliphatic carbocycles. The summed E-state index contributed by atoms with van der Waals surface area (Å²) in [5.74, 6) is 0.102. The van der Waals surface area contributed by atoms with Gasteiger partial charge in [-0.2, -0.15) is 0 Å². The number of rotatable bonds is 2. The molecule has 1 heterocycles. The lowest BCUT2D eigenvalue weighted by atomic mass is 10.2. The van der Waals surface area contributed by atoms with E-state index >= 15 is 0 Å². The van der Waals surface area contributed by atoms with Crippen molar-refractivity contribution in [1.29, 1.82) is 0 Å². The van der Waals surface area contributed by atoms with Crippen molar-refractivity contribution in [1.82, 2.24) is 4.98 Å². The molecule has 1 radical (unpaired) electrons. The van der Waals surface area contributed by atoms with Gasteiger partial charge in [0.15, 0.2) is 0 Å². The number of carbonyl (C=O) groups is 1. The first-order valence-electron chi connectivity index (χ1n) is 3.74. The van der Waals surface area contributed by atoms with E-state index in [9.17, 15) is 4.79 Å². The second-order valence-electron chi connectivity index (χ2n) is 2.70. The van der Waals surface area contributed by atoms with Gasteiger partial charge in [-0.3, -0.25) is 9.78 Å². The number of carbonyl (C=O) groups excluding carboxylic acids is 1. The molecule has 12 heavy (non-hydrogen) atoms. The monoisotopic (exact) mass is 164 g/mol. The van der Waals surface area contributed by atoms with Crippen LogP contribution >= 0.6 is 0 Å². The molecule has 0 saturated heterocycles. The molecule has 0 aliphatic heterocycles. The minimum Gasteiger partial charge on any atom is -0.425 e. The summed E-state index contributed by atoms with van der Waals surface area (Å²) in [4.78, 5) is 14.7. The zero-order valence-corrected chi connectivity index (χ0v) is 7.07. The third-order valence-corrected chi connectivity index (χ3v) is 1.28. The Morgan fingerprint density at radius 1 is 1.67 bits per heavy atom. The second kappa shape index (κ2) is 3.85. The van der Waals surface area contributed by atoms with E-state index in [-0.39, 0.29) is 11.9 Å². The van der Waals surface area contributed by atoms with E-state index in [1.165, 1.54) is 6.20 Å². The Labute approximate surface area is 71.4 Å². The fourth-order valence-electron chi connectivity index (χ4n) is 0.601. The van der Waals surface area contributed by atoms with Gasteiger partial charge in [0.25, 0.3) is 0 Å². The smallest absolute Gasteiger partial charge is 0.313 e. The Morgan fingerprint density at radius 3 is 2.92 bits per heavy atom. The number of hydrogen-bond donors (Lipinski definition) is 0. The van der Waals surface area contributed by atoms with Gasteiger partial charge in [-0.25, -0.2) is 0 Å². The van der Waals surface area contributed by atoms with Crippen LogP contribution in [0.1, 0.15) is 13.8 Å². The minimum absolute atomic E-state index is 0.116. The summed E-state index contributed by atoms with van der Waals surface area (Å²) in [6.07, 6.45) is 4.05. The van der Waals surface area contributed by atoms with E-state index in [0.29, 0.717) is 5.75 Å². The molecule has 0 fully saturated rings. The van der Waals surface area contributed by atoms with Crippen LogP contribution in [0.15, 0.2) is 18.3 Å². The van der Waals surface area contributed by atoms with Crippen LogP contribution in [0.25, 0.3) is 0 Å². The number of esters is 1. The average molecular weight is 164 g/mol. The summed E-state index contributed by atoms with van der Waals surface area (Å²) in [5, 5.41) is 0. The van der Waals surface area contributed by atoms with Gasteiger partial charge in [0.1, 0.15) is 5.75 Å². The highest BCUT2D eigenvalue weighted by Crippen LogP contribution is 2.08. The van der Waals surface area contributed by atoms with Gasteiger partial charge in [0.05, 0.1) is 18.3 Å². The van der Waals surface area contributed by atoms with Crippen LogP contribution in [-0.4, -0.2) is 11.0 Å². The van der Waals surface area contributed by atoms with E-state index in [2.05, 4.69) is 11.2 Å². The topological polar surface area (TPSA) is 39.2 Å². The maximum Gasteiger partial charge on any atom is 0.313 e. The molecule has 1 aromatic rings. The molecule has 0 saturated carbocycles. The molecule has 0 unspecified atom stereocenters. The summed E-state index contributed by atoms with van der Waals surface area (Å²) >= 11 is 0. The lowest BCUT2D eigenvalue weighted by Crippen LogP contribution is -2.14. The van der Waals surface area contributed by atoms with Crippen LogP contribution in [0.5, 0.6) is 5.75 Å². The van der Waals surface area contributed by atoms with Crippen molar-refractivity contribution in [2.24, 2.45) is 5.92 Å². The van der Waals surface area contributed by atoms with Gasteiger partial charge >= 0.3 is 5.97 Å². The third kappa shape index (κ3) is 2.34. The van der Waals surface area contributed by atoms with Gasteiger partial charge in [0, 0.05) is 0 Å². The van der Waals surface area contributed by atoms with Crippen LogP contribution in [0.2, 0.25) is 0 Å². The number of aromatic nitrogens is 1. The van der Waals surface area contributed by atoms with Gasteiger partial charge in [-0.05, 0) is 12.1 Å². The zero-order valence-electron chi connectivity index (χ0n) is 7.07. The first-order valence-corrected chi connectivity index (χ1v) is 3.74. The zero-order chi connectivity index (χ0) is 8.97. The van der Waals surface area contributed by atoms with E-state index in [1.54, 1.807) is 26.0 Å². The highest BCUT2D eigenvalue weighted by Gasteiger charge is 2.08. The van der Waals surface area contributed by atoms with Crippen molar-refractivity contribution in [3.05, 3.63) is 24.5 Å². The standard InChI is InChI=1S/C9H10NO2/c1-7(2)9(11)12-8-4-3-5-10-6-8/h3-4,6-7H,1-2H3. The number of ether oxygens (including phenoxy) is 1. The van der Waals surface area contributed by atoms with Crippen molar-refractivity contribution in [3.8, 4) is 5.75 Å². The van der Waals surface area contributed by atoms with Crippen LogP contribution in [0.4, 0.5) is 0 Å². The lowest BCUT2D eigenvalue weighted by Gasteiger charge is -2.04. The summed E-state index contributed by atoms with van der Waals surface area (Å²) in [7, 11) is 0. The van der Waals surface area contributed by atoms with Gasteiger partial charge in [-0.1, -0.05) is 13.8 Å². The molecule has 0 aromatic carbocycles. The second-order valence-corrected chi connectivity index (χ2v) is 2.70. The Balaban J connectivity index is 2.59.